The van der Waals surface area contributed by atoms with Crippen LogP contribution in [0, 0.1) is 0 Å². The fourth-order valence-corrected chi connectivity index (χ4v) is 4.55. The number of sulfonamides is 1. The van der Waals surface area contributed by atoms with Crippen LogP contribution in [-0.4, -0.2) is 50.3 Å². The highest BCUT2D eigenvalue weighted by Gasteiger charge is 2.28. The number of benzene rings is 2. The van der Waals surface area contributed by atoms with Crippen LogP contribution >= 0.6 is 11.6 Å². The Balaban J connectivity index is 1.56. The van der Waals surface area contributed by atoms with Gasteiger partial charge in [0.05, 0.1) is 4.90 Å². The fourth-order valence-electron chi connectivity index (χ4n) is 2.83. The Kier molecular flexibility index (Phi) is 5.91. The van der Waals surface area contributed by atoms with Gasteiger partial charge in [0.1, 0.15) is 0 Å². The molecular weight excluding hydrogens is 356 g/mol. The lowest BCUT2D eigenvalue weighted by Gasteiger charge is -2.33. The summed E-state index contributed by atoms with van der Waals surface area (Å²) in [5, 5.41) is 0.436. The average Bonchev–Trinajstić information content (AvgIpc) is 2.63. The van der Waals surface area contributed by atoms with Crippen molar-refractivity contribution in [2.45, 2.75) is 4.90 Å². The van der Waals surface area contributed by atoms with Gasteiger partial charge in [-0.25, -0.2) is 8.42 Å². The SMILES string of the molecule is O=S(=O)(c1cccc(Cl)c1)N1CCN(C/C=C/c2ccccc2)CC1. The number of nitrogens with zero attached hydrogens (tertiary/aromatic N) is 2. The summed E-state index contributed by atoms with van der Waals surface area (Å²) >= 11 is 5.92. The summed E-state index contributed by atoms with van der Waals surface area (Å²) in [5.41, 5.74) is 1.17. The summed E-state index contributed by atoms with van der Waals surface area (Å²) in [6.07, 6.45) is 4.21. The van der Waals surface area contributed by atoms with E-state index in [1.165, 1.54) is 15.9 Å². The highest BCUT2D eigenvalue weighted by atomic mass is 35.5. The molecule has 0 bridgehead atoms. The van der Waals surface area contributed by atoms with E-state index in [1.807, 2.05) is 18.2 Å². The molecule has 0 atom stereocenters. The van der Waals surface area contributed by atoms with Crippen molar-refractivity contribution in [3.05, 3.63) is 71.3 Å². The normalized spacial score (nSPS) is 17.2. The molecule has 1 aliphatic rings. The van der Waals surface area contributed by atoms with Crippen molar-refractivity contribution in [2.75, 3.05) is 32.7 Å². The van der Waals surface area contributed by atoms with Crippen molar-refractivity contribution >= 4 is 27.7 Å². The molecule has 0 aliphatic carbocycles. The molecule has 6 heteroatoms. The zero-order valence-corrected chi connectivity index (χ0v) is 15.5. The maximum Gasteiger partial charge on any atom is 0.243 e. The van der Waals surface area contributed by atoms with Crippen molar-refractivity contribution < 1.29 is 8.42 Å². The molecule has 1 saturated heterocycles. The van der Waals surface area contributed by atoms with Gasteiger partial charge in [-0.1, -0.05) is 60.2 Å². The Morgan fingerprint density at radius 3 is 2.36 bits per heavy atom. The third kappa shape index (κ3) is 4.70. The van der Waals surface area contributed by atoms with Gasteiger partial charge in [0.15, 0.2) is 0 Å². The van der Waals surface area contributed by atoms with Crippen LogP contribution in [0.5, 0.6) is 0 Å². The van der Waals surface area contributed by atoms with E-state index in [9.17, 15) is 8.42 Å². The van der Waals surface area contributed by atoms with E-state index < -0.39 is 10.0 Å². The van der Waals surface area contributed by atoms with Crippen LogP contribution in [0.3, 0.4) is 0 Å². The Labute approximate surface area is 154 Å². The first-order valence-electron chi connectivity index (χ1n) is 8.25. The molecule has 0 radical (unpaired) electrons. The van der Waals surface area contributed by atoms with Gasteiger partial charge in [0.2, 0.25) is 10.0 Å². The van der Waals surface area contributed by atoms with Crippen molar-refractivity contribution in [2.24, 2.45) is 0 Å². The second-order valence-electron chi connectivity index (χ2n) is 5.98. The molecule has 1 heterocycles. The molecule has 0 amide bonds. The molecule has 2 aromatic carbocycles. The lowest BCUT2D eigenvalue weighted by atomic mass is 10.2. The lowest BCUT2D eigenvalue weighted by molar-refractivity contribution is 0.204. The summed E-state index contributed by atoms with van der Waals surface area (Å²) < 4.78 is 26.9. The largest absolute Gasteiger partial charge is 0.297 e. The molecule has 0 aromatic heterocycles. The van der Waals surface area contributed by atoms with Gasteiger partial charge in [0, 0.05) is 37.7 Å². The predicted octanol–water partition coefficient (Wildman–Crippen LogP) is 3.36. The summed E-state index contributed by atoms with van der Waals surface area (Å²) in [6, 6.07) is 16.6. The van der Waals surface area contributed by atoms with Gasteiger partial charge in [-0.3, -0.25) is 4.90 Å². The van der Waals surface area contributed by atoms with Crippen LogP contribution in [0.25, 0.3) is 6.08 Å². The summed E-state index contributed by atoms with van der Waals surface area (Å²) in [4.78, 5) is 2.51. The number of piperazine rings is 1. The third-order valence-corrected chi connectivity index (χ3v) is 6.37. The van der Waals surface area contributed by atoms with E-state index in [1.54, 1.807) is 18.2 Å². The Morgan fingerprint density at radius 2 is 1.68 bits per heavy atom. The van der Waals surface area contributed by atoms with Crippen LogP contribution in [0.15, 0.2) is 65.6 Å². The molecule has 4 nitrogen and oxygen atoms in total. The van der Waals surface area contributed by atoms with Crippen molar-refractivity contribution in [3.8, 4) is 0 Å². The van der Waals surface area contributed by atoms with Crippen LogP contribution in [0.1, 0.15) is 5.56 Å². The molecule has 0 unspecified atom stereocenters. The van der Waals surface area contributed by atoms with Crippen molar-refractivity contribution in [1.29, 1.82) is 0 Å². The van der Waals surface area contributed by atoms with Gasteiger partial charge in [-0.05, 0) is 23.8 Å². The van der Waals surface area contributed by atoms with E-state index in [0.29, 0.717) is 18.1 Å². The number of rotatable bonds is 5. The molecule has 0 spiro atoms. The quantitative estimate of drug-likeness (QED) is 0.803. The molecule has 132 valence electrons. The zero-order valence-electron chi connectivity index (χ0n) is 13.9. The lowest BCUT2D eigenvalue weighted by Crippen LogP contribution is -2.48. The Bertz CT molecular complexity index is 830. The highest BCUT2D eigenvalue weighted by Crippen LogP contribution is 2.20. The molecule has 0 saturated carbocycles. The third-order valence-electron chi connectivity index (χ3n) is 4.24. The van der Waals surface area contributed by atoms with Crippen molar-refractivity contribution in [1.82, 2.24) is 9.21 Å². The van der Waals surface area contributed by atoms with Gasteiger partial charge in [-0.15, -0.1) is 0 Å². The highest BCUT2D eigenvalue weighted by molar-refractivity contribution is 7.89. The maximum absolute atomic E-state index is 12.7. The summed E-state index contributed by atoms with van der Waals surface area (Å²) in [6.45, 7) is 3.25. The van der Waals surface area contributed by atoms with Gasteiger partial charge >= 0.3 is 0 Å². The van der Waals surface area contributed by atoms with Gasteiger partial charge < -0.3 is 0 Å². The molecular formula is C19H21ClN2O2S. The molecule has 2 aromatic rings. The number of halogens is 1. The van der Waals surface area contributed by atoms with Crippen LogP contribution in [-0.2, 0) is 10.0 Å². The maximum atomic E-state index is 12.7. The first-order valence-corrected chi connectivity index (χ1v) is 10.1. The van der Waals surface area contributed by atoms with Gasteiger partial charge in [-0.2, -0.15) is 4.31 Å². The minimum atomic E-state index is -3.47. The van der Waals surface area contributed by atoms with E-state index in [0.717, 1.165) is 19.6 Å². The number of hydrogen-bond acceptors (Lipinski definition) is 3. The first kappa shape index (κ1) is 18.1. The Morgan fingerprint density at radius 1 is 0.960 bits per heavy atom. The minimum absolute atomic E-state index is 0.262. The summed E-state index contributed by atoms with van der Waals surface area (Å²) in [5.74, 6) is 0. The number of hydrogen-bond donors (Lipinski definition) is 0. The zero-order chi connectivity index (χ0) is 17.7. The predicted molar refractivity (Wildman–Crippen MR) is 102 cm³/mol. The van der Waals surface area contributed by atoms with Crippen molar-refractivity contribution in [3.63, 3.8) is 0 Å². The summed E-state index contributed by atoms with van der Waals surface area (Å²) in [7, 11) is -3.47. The van der Waals surface area contributed by atoms with Crippen LogP contribution in [0.4, 0.5) is 0 Å². The first-order chi connectivity index (χ1) is 12.1. The van der Waals surface area contributed by atoms with Gasteiger partial charge in [0.25, 0.3) is 0 Å². The Hall–Kier alpha value is -1.66. The molecule has 25 heavy (non-hydrogen) atoms. The van der Waals surface area contributed by atoms with E-state index in [4.69, 9.17) is 11.6 Å². The van der Waals surface area contributed by atoms with E-state index in [-0.39, 0.29) is 4.90 Å². The topological polar surface area (TPSA) is 40.6 Å². The second kappa shape index (κ2) is 8.15. The standard InChI is InChI=1S/C19H21ClN2O2S/c20-18-9-4-10-19(16-18)25(23,24)22-14-12-21(13-15-22)11-5-8-17-6-2-1-3-7-17/h1-10,16H,11-15H2/b8-5+. The second-order valence-corrected chi connectivity index (χ2v) is 8.35. The fraction of sp³-hybridized carbons (Fsp3) is 0.263. The smallest absolute Gasteiger partial charge is 0.243 e. The average molecular weight is 377 g/mol. The molecule has 0 N–H and O–H groups in total. The van der Waals surface area contributed by atoms with Crippen LogP contribution in [0.2, 0.25) is 5.02 Å². The van der Waals surface area contributed by atoms with E-state index in [2.05, 4.69) is 29.2 Å². The molecule has 1 fully saturated rings. The molecule has 3 rings (SSSR count). The monoisotopic (exact) mass is 376 g/mol. The van der Waals surface area contributed by atoms with E-state index >= 15 is 0 Å². The molecule has 1 aliphatic heterocycles. The van der Waals surface area contributed by atoms with Crippen LogP contribution < -0.4 is 0 Å². The minimum Gasteiger partial charge on any atom is -0.297 e.